The first-order valence-electron chi connectivity index (χ1n) is 24.0. The number of pyridine rings is 1. The molecule has 0 unspecified atom stereocenters. The van der Waals surface area contributed by atoms with E-state index in [2.05, 4.69) is 63.8 Å². The van der Waals surface area contributed by atoms with E-state index in [1.807, 2.05) is 51.1 Å². The number of aromatic amines is 1. The van der Waals surface area contributed by atoms with Crippen LogP contribution in [0.25, 0.3) is 22.4 Å². The number of carbonyl (C=O) groups excluding carboxylic acids is 3. The minimum atomic E-state index is -0.831. The topological polar surface area (TPSA) is 151 Å². The molecule has 338 valence electrons. The second-order valence-corrected chi connectivity index (χ2v) is 23.3. The molecule has 63 heavy (non-hydrogen) atoms. The second-order valence-electron chi connectivity index (χ2n) is 23.3. The Kier molecular flexibility index (Phi) is 10.3. The number of nitrogens with one attached hydrogen (secondary N) is 2. The largest absolute Gasteiger partial charge is 0.481 e. The van der Waals surface area contributed by atoms with Crippen molar-refractivity contribution in [1.29, 1.82) is 0 Å². The molecule has 10 nitrogen and oxygen atoms in total. The van der Waals surface area contributed by atoms with Crippen LogP contribution in [0.4, 0.5) is 0 Å². The molecule has 0 aliphatic heterocycles. The van der Waals surface area contributed by atoms with E-state index in [0.29, 0.717) is 48.5 Å². The van der Waals surface area contributed by atoms with Gasteiger partial charge in [-0.15, -0.1) is 0 Å². The van der Waals surface area contributed by atoms with Crippen molar-refractivity contribution >= 4 is 34.7 Å². The Morgan fingerprint density at radius 2 is 1.65 bits per heavy atom. The fourth-order valence-corrected chi connectivity index (χ4v) is 15.6. The van der Waals surface area contributed by atoms with Gasteiger partial charge in [0.1, 0.15) is 11.9 Å². The molecule has 10 atom stereocenters. The molecule has 0 radical (unpaired) electrons. The third-order valence-corrected chi connectivity index (χ3v) is 19.4. The number of H-pyrrole nitrogens is 1. The van der Waals surface area contributed by atoms with Gasteiger partial charge in [-0.25, -0.2) is 4.98 Å². The van der Waals surface area contributed by atoms with Gasteiger partial charge in [0.25, 0.3) is 5.91 Å². The molecular formula is C53H70N4O6. The number of Topliss-reactive ketones (excluding diaryl/α,β-unsaturated/α-hetero) is 1. The monoisotopic (exact) mass is 859 g/mol. The van der Waals surface area contributed by atoms with E-state index in [4.69, 9.17) is 9.72 Å². The van der Waals surface area contributed by atoms with Crippen molar-refractivity contribution < 1.29 is 29.0 Å². The van der Waals surface area contributed by atoms with Gasteiger partial charge >= 0.3 is 11.9 Å². The number of nitrogens with zero attached hydrogens (tertiary/aromatic N) is 2. The number of benzene rings is 1. The minimum absolute atomic E-state index is 0.0215. The van der Waals surface area contributed by atoms with Crippen LogP contribution in [0.3, 0.4) is 0 Å². The number of fused-ring (bicyclic) bond motifs is 8. The molecule has 3 aromatic rings. The van der Waals surface area contributed by atoms with Crippen molar-refractivity contribution in [2.45, 2.75) is 146 Å². The van der Waals surface area contributed by atoms with Crippen LogP contribution in [-0.4, -0.2) is 56.3 Å². The predicted molar refractivity (Wildman–Crippen MR) is 243 cm³/mol. The number of allylic oxidation sites excluding steroid dienone is 2. The number of aryl methyl sites for hydroxylation is 1. The zero-order chi connectivity index (χ0) is 45.2. The van der Waals surface area contributed by atoms with E-state index in [0.717, 1.165) is 91.5 Å². The highest BCUT2D eigenvalue weighted by atomic mass is 16.5. The number of rotatable bonds is 9. The van der Waals surface area contributed by atoms with Crippen LogP contribution in [0.5, 0.6) is 0 Å². The molecule has 2 aromatic heterocycles. The predicted octanol–water partition coefficient (Wildman–Crippen LogP) is 10.7. The highest BCUT2D eigenvalue weighted by Gasteiger charge is 2.70. The molecule has 0 bridgehead atoms. The first-order chi connectivity index (χ1) is 29.6. The molecule has 3 N–H and O–H groups in total. The summed E-state index contributed by atoms with van der Waals surface area (Å²) in [5.74, 6) is 0.312. The summed E-state index contributed by atoms with van der Waals surface area (Å²) in [5, 5.41) is 13.0. The molecule has 9 rings (SSSR count). The lowest BCUT2D eigenvalue weighted by molar-refractivity contribution is -0.236. The van der Waals surface area contributed by atoms with E-state index in [1.165, 1.54) is 5.57 Å². The zero-order valence-electron chi connectivity index (χ0n) is 39.4. The fourth-order valence-electron chi connectivity index (χ4n) is 15.6. The first-order valence-corrected chi connectivity index (χ1v) is 24.0. The molecule has 5 fully saturated rings. The van der Waals surface area contributed by atoms with Gasteiger partial charge in [0.15, 0.2) is 5.78 Å². The maximum absolute atomic E-state index is 14.2. The number of hydrogen-bond acceptors (Lipinski definition) is 7. The van der Waals surface area contributed by atoms with Crippen LogP contribution in [-0.2, 0) is 19.1 Å². The Hall–Kier alpha value is -4.34. The average molecular weight is 859 g/mol. The summed E-state index contributed by atoms with van der Waals surface area (Å²) in [6, 6.07) is 9.55. The lowest BCUT2D eigenvalue weighted by Gasteiger charge is -2.72. The number of carbonyl (C=O) groups is 4. The number of aliphatic carboxylic acids is 1. The van der Waals surface area contributed by atoms with Crippen LogP contribution in [0.15, 0.2) is 47.7 Å². The third-order valence-electron chi connectivity index (χ3n) is 19.4. The lowest BCUT2D eigenvalue weighted by Crippen LogP contribution is -2.66. The number of esters is 1. The number of ether oxygens (including phenoxy) is 1. The number of amides is 1. The molecule has 1 aromatic carbocycles. The maximum Gasteiger partial charge on any atom is 0.309 e. The molecular weight excluding hydrogens is 789 g/mol. The fraction of sp³-hybridized carbons (Fsp3) is 0.660. The quantitative estimate of drug-likeness (QED) is 0.180. The summed E-state index contributed by atoms with van der Waals surface area (Å²) < 4.78 is 6.44. The summed E-state index contributed by atoms with van der Waals surface area (Å²) >= 11 is 0. The number of carboxylic acids is 1. The molecule has 5 saturated carbocycles. The van der Waals surface area contributed by atoms with Gasteiger partial charge in [-0.1, -0.05) is 67.9 Å². The van der Waals surface area contributed by atoms with Crippen LogP contribution in [0.1, 0.15) is 149 Å². The maximum atomic E-state index is 14.2. The number of imidazole rings is 1. The van der Waals surface area contributed by atoms with Crippen LogP contribution in [0.2, 0.25) is 0 Å². The highest BCUT2D eigenvalue weighted by Crippen LogP contribution is 2.77. The van der Waals surface area contributed by atoms with Crippen LogP contribution >= 0.6 is 0 Å². The van der Waals surface area contributed by atoms with Gasteiger partial charge in [-0.3, -0.25) is 24.2 Å². The van der Waals surface area contributed by atoms with Crippen molar-refractivity contribution in [3.63, 3.8) is 0 Å². The van der Waals surface area contributed by atoms with Gasteiger partial charge in [0.2, 0.25) is 0 Å². The van der Waals surface area contributed by atoms with E-state index in [-0.39, 0.29) is 56.9 Å². The SMILES string of the molecule is Cc1ccc(-c2nc3ccc(C(=O)NCC[C@@]45CC[C@]6(C)[C@H](CC[C@@H]7[C@@]8(C)CC[C@H](OC(=O)[C@H]9C[C@@H](C(=O)O)C9(C)C)C(C)(C)[C@@H]8CC[C@]76C)C4=C(C(C)C)C(=O)C5)cc3[nH]2)cn1. The van der Waals surface area contributed by atoms with Crippen molar-refractivity contribution in [1.82, 2.24) is 20.3 Å². The standard InChI is InChI=1S/C53H70N4O6/c1-29(2)42-38(58)27-53(23-24-54-45(59)31-13-15-36-37(25-31)57-44(56-36)32-12-11-30(3)55-28-32)22-21-51(9)33(43(42)53)14-16-40-50(8)19-18-41(49(6,7)39(50)17-20-52(40,51)10)63-47(62)35-26-34(46(60)61)48(35,4)5/h11-13,15,25,28-29,33-35,39-41H,14,16-24,26-27H2,1-10H3,(H,54,59)(H,56,57)(H,60,61)/t33-,34+,35-,39+,40-,41+,50+,51-,52-,53-/m1/s1. The molecule has 1 amide bonds. The van der Waals surface area contributed by atoms with E-state index >= 15 is 0 Å². The Bertz CT molecular complexity index is 2410. The Morgan fingerprint density at radius 3 is 2.33 bits per heavy atom. The van der Waals surface area contributed by atoms with Gasteiger partial charge in [-0.2, -0.15) is 0 Å². The third kappa shape index (κ3) is 6.51. The summed E-state index contributed by atoms with van der Waals surface area (Å²) in [6.45, 7) is 23.0. The van der Waals surface area contributed by atoms with Crippen molar-refractivity contribution in [3.8, 4) is 11.4 Å². The van der Waals surface area contributed by atoms with Crippen molar-refractivity contribution in [2.24, 2.45) is 68.0 Å². The van der Waals surface area contributed by atoms with Gasteiger partial charge in [0, 0.05) is 46.8 Å². The second kappa shape index (κ2) is 14.8. The average Bonchev–Trinajstić information content (AvgIpc) is 3.77. The lowest BCUT2D eigenvalue weighted by atomic mass is 9.33. The molecule has 10 heteroatoms. The number of carboxylic acid groups (broad SMARTS) is 1. The zero-order valence-corrected chi connectivity index (χ0v) is 39.4. The minimum Gasteiger partial charge on any atom is -0.481 e. The molecule has 6 aliphatic carbocycles. The van der Waals surface area contributed by atoms with Crippen molar-refractivity contribution in [2.75, 3.05) is 6.54 Å². The van der Waals surface area contributed by atoms with Crippen LogP contribution in [0, 0.1) is 74.9 Å². The summed E-state index contributed by atoms with van der Waals surface area (Å²) in [6.07, 6.45) is 11.5. The molecule has 0 saturated heterocycles. The Labute approximate surface area is 373 Å². The highest BCUT2D eigenvalue weighted by molar-refractivity contribution is 6.01. The van der Waals surface area contributed by atoms with Crippen molar-refractivity contribution in [3.05, 3.63) is 58.9 Å². The van der Waals surface area contributed by atoms with Crippen LogP contribution < -0.4 is 5.32 Å². The Balaban J connectivity index is 0.918. The Morgan fingerprint density at radius 1 is 0.889 bits per heavy atom. The normalized spacial score (nSPS) is 36.5. The summed E-state index contributed by atoms with van der Waals surface area (Å²) in [5.41, 5.74) is 5.60. The first kappa shape index (κ1) is 43.9. The molecule has 6 aliphatic rings. The van der Waals surface area contributed by atoms with E-state index in [9.17, 15) is 24.3 Å². The van der Waals surface area contributed by atoms with E-state index < -0.39 is 17.3 Å². The summed E-state index contributed by atoms with van der Waals surface area (Å²) in [7, 11) is 0. The number of hydrogen-bond donors (Lipinski definition) is 3. The smallest absolute Gasteiger partial charge is 0.309 e. The number of ketones is 1. The van der Waals surface area contributed by atoms with Gasteiger partial charge in [-0.05, 0) is 152 Å². The van der Waals surface area contributed by atoms with E-state index in [1.54, 1.807) is 6.20 Å². The number of aromatic nitrogens is 3. The van der Waals surface area contributed by atoms with Gasteiger partial charge in [0.05, 0.1) is 22.9 Å². The molecule has 2 heterocycles. The van der Waals surface area contributed by atoms with Gasteiger partial charge < -0.3 is 20.1 Å². The summed E-state index contributed by atoms with van der Waals surface area (Å²) in [4.78, 5) is 66.0. The molecule has 0 spiro atoms.